The molecule has 0 bridgehead atoms. The molecule has 0 saturated carbocycles. The van der Waals surface area contributed by atoms with Crippen molar-refractivity contribution in [2.24, 2.45) is 5.73 Å². The predicted octanol–water partition coefficient (Wildman–Crippen LogP) is 1.03. The van der Waals surface area contributed by atoms with Crippen LogP contribution in [-0.4, -0.2) is 52.8 Å². The highest BCUT2D eigenvalue weighted by molar-refractivity contribution is 7.80. The number of hydrogen-bond donors (Lipinski definition) is 1. The van der Waals surface area contributed by atoms with Crippen LogP contribution in [0, 0.1) is 0 Å². The third kappa shape index (κ3) is 3.19. The van der Waals surface area contributed by atoms with Crippen molar-refractivity contribution in [3.8, 4) is 0 Å². The second kappa shape index (κ2) is 6.25. The first-order valence-electron chi connectivity index (χ1n) is 6.70. The summed E-state index contributed by atoms with van der Waals surface area (Å²) >= 11 is 5.07. The number of anilines is 1. The van der Waals surface area contributed by atoms with Crippen molar-refractivity contribution in [1.29, 1.82) is 0 Å². The quantitative estimate of drug-likeness (QED) is 0.813. The van der Waals surface area contributed by atoms with Gasteiger partial charge in [-0.2, -0.15) is 5.10 Å². The zero-order chi connectivity index (χ0) is 13.8. The number of likely N-dealkylation sites (N-methyl/N-ethyl adjacent to an activating group) is 2. The Hall–Kier alpha value is -1.27. The lowest BCUT2D eigenvalue weighted by atomic mass is 10.2. The van der Waals surface area contributed by atoms with Gasteiger partial charge in [0.1, 0.15) is 4.99 Å². The second-order valence-corrected chi connectivity index (χ2v) is 5.38. The van der Waals surface area contributed by atoms with E-state index in [0.717, 1.165) is 24.5 Å². The number of nitrogens with two attached hydrogens (primary N) is 1. The molecule has 0 aromatic carbocycles. The Morgan fingerprint density at radius 2 is 2.42 bits per heavy atom. The minimum absolute atomic E-state index is 0.371. The molecule has 1 saturated heterocycles. The molecule has 1 aromatic rings. The average Bonchev–Trinajstić information content (AvgIpc) is 2.85. The summed E-state index contributed by atoms with van der Waals surface area (Å²) in [5, 5.41) is 8.12. The summed E-state index contributed by atoms with van der Waals surface area (Å²) in [6.07, 6.45) is 4.13. The van der Waals surface area contributed by atoms with Crippen LogP contribution in [0.5, 0.6) is 0 Å². The summed E-state index contributed by atoms with van der Waals surface area (Å²) < 4.78 is 0. The van der Waals surface area contributed by atoms with Crippen LogP contribution in [0.4, 0.5) is 5.82 Å². The van der Waals surface area contributed by atoms with Crippen LogP contribution < -0.4 is 10.6 Å². The van der Waals surface area contributed by atoms with E-state index < -0.39 is 0 Å². The Kier molecular flexibility index (Phi) is 4.66. The van der Waals surface area contributed by atoms with Crippen LogP contribution in [-0.2, 0) is 0 Å². The van der Waals surface area contributed by atoms with E-state index >= 15 is 0 Å². The van der Waals surface area contributed by atoms with Gasteiger partial charge in [-0.25, -0.2) is 0 Å². The summed E-state index contributed by atoms with van der Waals surface area (Å²) in [4.78, 5) is 4.99. The third-order valence-electron chi connectivity index (χ3n) is 3.72. The topological polar surface area (TPSA) is 58.3 Å². The highest BCUT2D eigenvalue weighted by Gasteiger charge is 2.25. The Morgan fingerprint density at radius 3 is 3.11 bits per heavy atom. The van der Waals surface area contributed by atoms with E-state index in [1.54, 1.807) is 6.20 Å². The molecule has 0 radical (unpaired) electrons. The number of likely N-dealkylation sites (tertiary alicyclic amines) is 1. The normalized spacial score (nSPS) is 19.6. The number of nitrogens with zero attached hydrogens (tertiary/aromatic N) is 4. The summed E-state index contributed by atoms with van der Waals surface area (Å²) in [5.74, 6) is 0.776. The SMILES string of the molecule is CCN1CCCC1CN(C)c1nnccc1C(N)=S. The summed E-state index contributed by atoms with van der Waals surface area (Å²) in [6, 6.07) is 2.41. The minimum Gasteiger partial charge on any atom is -0.389 e. The summed E-state index contributed by atoms with van der Waals surface area (Å²) in [5.41, 5.74) is 6.54. The van der Waals surface area contributed by atoms with Gasteiger partial charge in [0.05, 0.1) is 11.8 Å². The van der Waals surface area contributed by atoms with Crippen LogP contribution >= 0.6 is 12.2 Å². The summed E-state index contributed by atoms with van der Waals surface area (Å²) in [7, 11) is 2.03. The maximum atomic E-state index is 5.74. The molecule has 1 atom stereocenters. The van der Waals surface area contributed by atoms with Crippen molar-refractivity contribution in [2.75, 3.05) is 31.6 Å². The maximum absolute atomic E-state index is 5.74. The van der Waals surface area contributed by atoms with Gasteiger partial charge in [-0.05, 0) is 32.0 Å². The molecule has 104 valence electrons. The molecular weight excluding hydrogens is 258 g/mol. The average molecular weight is 279 g/mol. The lowest BCUT2D eigenvalue weighted by Gasteiger charge is -2.28. The Bertz CT molecular complexity index is 450. The van der Waals surface area contributed by atoms with E-state index in [-0.39, 0.29) is 0 Å². The molecule has 0 spiro atoms. The van der Waals surface area contributed by atoms with E-state index in [0.29, 0.717) is 11.0 Å². The van der Waals surface area contributed by atoms with Crippen molar-refractivity contribution in [2.45, 2.75) is 25.8 Å². The van der Waals surface area contributed by atoms with Gasteiger partial charge in [-0.3, -0.25) is 4.90 Å². The van der Waals surface area contributed by atoms with Gasteiger partial charge >= 0.3 is 0 Å². The van der Waals surface area contributed by atoms with Crippen molar-refractivity contribution in [1.82, 2.24) is 15.1 Å². The van der Waals surface area contributed by atoms with Gasteiger partial charge in [0.25, 0.3) is 0 Å². The van der Waals surface area contributed by atoms with Crippen molar-refractivity contribution < 1.29 is 0 Å². The van der Waals surface area contributed by atoms with Crippen LogP contribution in [0.1, 0.15) is 25.3 Å². The van der Waals surface area contributed by atoms with E-state index in [9.17, 15) is 0 Å². The van der Waals surface area contributed by atoms with Crippen LogP contribution in [0.15, 0.2) is 12.3 Å². The van der Waals surface area contributed by atoms with Gasteiger partial charge in [0.15, 0.2) is 5.82 Å². The Morgan fingerprint density at radius 1 is 1.63 bits per heavy atom. The molecule has 2 rings (SSSR count). The number of hydrogen-bond acceptors (Lipinski definition) is 5. The Labute approximate surface area is 119 Å². The maximum Gasteiger partial charge on any atom is 0.161 e. The van der Waals surface area contributed by atoms with Gasteiger partial charge in [0.2, 0.25) is 0 Å². The highest BCUT2D eigenvalue weighted by Crippen LogP contribution is 2.21. The van der Waals surface area contributed by atoms with Gasteiger partial charge in [-0.1, -0.05) is 19.1 Å². The van der Waals surface area contributed by atoms with Crippen molar-refractivity contribution in [3.63, 3.8) is 0 Å². The first kappa shape index (κ1) is 14.1. The van der Waals surface area contributed by atoms with E-state index in [2.05, 4.69) is 26.9 Å². The number of thiocarbonyl (C=S) groups is 1. The molecule has 1 aliphatic rings. The number of rotatable bonds is 5. The molecule has 5 nitrogen and oxygen atoms in total. The standard InChI is InChI=1S/C13H21N5S/c1-3-18-8-4-5-10(18)9-17(2)13-11(12(14)19)6-7-15-16-13/h6-7,10H,3-5,8-9H2,1-2H3,(H2,14,19). The van der Waals surface area contributed by atoms with Crippen LogP contribution in [0.3, 0.4) is 0 Å². The van der Waals surface area contributed by atoms with Gasteiger partial charge < -0.3 is 10.6 Å². The Balaban J connectivity index is 2.11. The number of aromatic nitrogens is 2. The second-order valence-electron chi connectivity index (χ2n) is 4.94. The smallest absolute Gasteiger partial charge is 0.161 e. The molecule has 6 heteroatoms. The molecule has 2 heterocycles. The van der Waals surface area contributed by atoms with E-state index in [1.165, 1.54) is 19.4 Å². The molecule has 19 heavy (non-hydrogen) atoms. The molecule has 1 fully saturated rings. The molecule has 1 aliphatic heterocycles. The van der Waals surface area contributed by atoms with Crippen molar-refractivity contribution >= 4 is 23.0 Å². The first-order valence-corrected chi connectivity index (χ1v) is 7.11. The zero-order valence-electron chi connectivity index (χ0n) is 11.5. The summed E-state index contributed by atoms with van der Waals surface area (Å²) in [6.45, 7) is 5.43. The van der Waals surface area contributed by atoms with Crippen LogP contribution in [0.25, 0.3) is 0 Å². The highest BCUT2D eigenvalue weighted by atomic mass is 32.1. The molecule has 0 aliphatic carbocycles. The fraction of sp³-hybridized carbons (Fsp3) is 0.615. The molecule has 2 N–H and O–H groups in total. The minimum atomic E-state index is 0.371. The predicted molar refractivity (Wildman–Crippen MR) is 81.5 cm³/mol. The molecule has 0 amide bonds. The van der Waals surface area contributed by atoms with Gasteiger partial charge in [0, 0.05) is 19.6 Å². The van der Waals surface area contributed by atoms with Gasteiger partial charge in [-0.15, -0.1) is 5.10 Å². The fourth-order valence-electron chi connectivity index (χ4n) is 2.72. The third-order valence-corrected chi connectivity index (χ3v) is 3.94. The fourth-order valence-corrected chi connectivity index (χ4v) is 2.88. The van der Waals surface area contributed by atoms with Crippen molar-refractivity contribution in [3.05, 3.63) is 17.8 Å². The van der Waals surface area contributed by atoms with E-state index in [4.69, 9.17) is 18.0 Å². The van der Waals surface area contributed by atoms with Crippen LogP contribution in [0.2, 0.25) is 0 Å². The molecular formula is C13H21N5S. The lowest BCUT2D eigenvalue weighted by molar-refractivity contribution is 0.270. The molecule has 1 unspecified atom stereocenters. The van der Waals surface area contributed by atoms with E-state index in [1.807, 2.05) is 13.1 Å². The molecule has 1 aromatic heterocycles. The zero-order valence-corrected chi connectivity index (χ0v) is 12.4. The first-order chi connectivity index (χ1) is 9.13. The lowest BCUT2D eigenvalue weighted by Crippen LogP contribution is -2.39. The monoisotopic (exact) mass is 279 g/mol. The largest absolute Gasteiger partial charge is 0.389 e.